The second-order valence-corrected chi connectivity index (χ2v) is 8.83. The second kappa shape index (κ2) is 10.6. The molecule has 1 fully saturated rings. The number of hydrogen-bond donors (Lipinski definition) is 1. The molecule has 0 atom stereocenters. The second-order valence-electron chi connectivity index (χ2n) is 8.83. The highest BCUT2D eigenvalue weighted by atomic mass is 16.5. The molecule has 0 spiro atoms. The smallest absolute Gasteiger partial charge is 0.251 e. The van der Waals surface area contributed by atoms with Gasteiger partial charge in [0.2, 0.25) is 5.91 Å². The molecule has 2 heterocycles. The Morgan fingerprint density at radius 2 is 1.82 bits per heavy atom. The summed E-state index contributed by atoms with van der Waals surface area (Å²) in [6.07, 6.45) is 4.21. The predicted molar refractivity (Wildman–Crippen MR) is 134 cm³/mol. The van der Waals surface area contributed by atoms with Crippen LogP contribution in [-0.4, -0.2) is 34.4 Å². The van der Waals surface area contributed by atoms with Gasteiger partial charge in [-0.2, -0.15) is 0 Å². The first kappa shape index (κ1) is 23.6. The van der Waals surface area contributed by atoms with E-state index < -0.39 is 5.91 Å². The molecule has 1 aromatic heterocycles. The van der Waals surface area contributed by atoms with Crippen LogP contribution in [0.5, 0.6) is 11.5 Å². The van der Waals surface area contributed by atoms with Gasteiger partial charge in [-0.15, -0.1) is 0 Å². The fourth-order valence-electron chi connectivity index (χ4n) is 4.91. The summed E-state index contributed by atoms with van der Waals surface area (Å²) in [6, 6.07) is 17.5. The summed E-state index contributed by atoms with van der Waals surface area (Å²) in [5, 5.41) is 0. The standard InChI is InChI=1S/C28H33N3O3/c1-3-10-24-27(21-11-7-14-23(19-21)34-22-12-5-4-6-13-22)26(28(29)33)20(2)31(24)18-9-17-30-16-8-15-25(30)32/h4-7,11-14,19H,3,8-10,15-18H2,1-2H3,(H2,29,33). The maximum Gasteiger partial charge on any atom is 0.251 e. The van der Waals surface area contributed by atoms with Crippen molar-refractivity contribution in [2.75, 3.05) is 13.1 Å². The maximum atomic E-state index is 12.6. The van der Waals surface area contributed by atoms with Gasteiger partial charge in [0.1, 0.15) is 11.5 Å². The van der Waals surface area contributed by atoms with E-state index in [1.165, 1.54) is 0 Å². The van der Waals surface area contributed by atoms with Gasteiger partial charge in [0, 0.05) is 43.0 Å². The molecule has 0 unspecified atom stereocenters. The minimum atomic E-state index is -0.423. The molecule has 1 aliphatic heterocycles. The van der Waals surface area contributed by atoms with Gasteiger partial charge in [0.05, 0.1) is 5.56 Å². The van der Waals surface area contributed by atoms with E-state index in [0.29, 0.717) is 17.7 Å². The number of nitrogens with two attached hydrogens (primary N) is 1. The predicted octanol–water partition coefficient (Wildman–Crippen LogP) is 5.32. The average molecular weight is 460 g/mol. The molecule has 1 saturated heterocycles. The number of likely N-dealkylation sites (tertiary alicyclic amines) is 1. The molecular formula is C28H33N3O3. The SMILES string of the molecule is CCCc1c(-c2cccc(Oc3ccccc3)c2)c(C(N)=O)c(C)n1CCCN1CCCC1=O. The Hall–Kier alpha value is -3.54. The molecular weight excluding hydrogens is 426 g/mol. The number of aromatic nitrogens is 1. The van der Waals surface area contributed by atoms with Crippen molar-refractivity contribution < 1.29 is 14.3 Å². The number of carbonyl (C=O) groups is 2. The minimum absolute atomic E-state index is 0.242. The lowest BCUT2D eigenvalue weighted by molar-refractivity contribution is -0.127. The fourth-order valence-corrected chi connectivity index (χ4v) is 4.91. The zero-order valence-corrected chi connectivity index (χ0v) is 20.0. The molecule has 34 heavy (non-hydrogen) atoms. The van der Waals surface area contributed by atoms with E-state index in [-0.39, 0.29) is 5.91 Å². The summed E-state index contributed by atoms with van der Waals surface area (Å²) in [5.41, 5.74) is 10.3. The number of nitrogens with zero attached hydrogens (tertiary/aromatic N) is 2. The lowest BCUT2D eigenvalue weighted by Crippen LogP contribution is -2.26. The molecule has 0 radical (unpaired) electrons. The van der Waals surface area contributed by atoms with Crippen LogP contribution in [0, 0.1) is 6.92 Å². The number of rotatable bonds is 10. The van der Waals surface area contributed by atoms with Crippen molar-refractivity contribution in [2.24, 2.45) is 5.73 Å². The van der Waals surface area contributed by atoms with E-state index >= 15 is 0 Å². The van der Waals surface area contributed by atoms with E-state index in [1.807, 2.05) is 66.4 Å². The molecule has 0 bridgehead atoms. The lowest BCUT2D eigenvalue weighted by Gasteiger charge is -2.17. The van der Waals surface area contributed by atoms with Crippen LogP contribution in [-0.2, 0) is 17.8 Å². The van der Waals surface area contributed by atoms with Crippen LogP contribution >= 0.6 is 0 Å². The summed E-state index contributed by atoms with van der Waals surface area (Å²) in [5.74, 6) is 1.28. The van der Waals surface area contributed by atoms with Gasteiger partial charge in [-0.3, -0.25) is 9.59 Å². The zero-order valence-electron chi connectivity index (χ0n) is 20.0. The van der Waals surface area contributed by atoms with Gasteiger partial charge in [0.15, 0.2) is 0 Å². The molecule has 2 aromatic carbocycles. The van der Waals surface area contributed by atoms with Crippen molar-refractivity contribution in [3.05, 3.63) is 71.5 Å². The molecule has 4 rings (SSSR count). The first-order chi connectivity index (χ1) is 16.5. The first-order valence-corrected chi connectivity index (χ1v) is 12.1. The normalized spacial score (nSPS) is 13.5. The van der Waals surface area contributed by atoms with Crippen molar-refractivity contribution in [2.45, 2.75) is 52.5 Å². The summed E-state index contributed by atoms with van der Waals surface area (Å²) in [4.78, 5) is 26.5. The number of carbonyl (C=O) groups excluding carboxylic acids is 2. The number of hydrogen-bond acceptors (Lipinski definition) is 3. The third kappa shape index (κ3) is 5.01. The molecule has 2 N–H and O–H groups in total. The number of amides is 2. The van der Waals surface area contributed by atoms with Gasteiger partial charge in [-0.1, -0.05) is 43.7 Å². The van der Waals surface area contributed by atoms with Crippen molar-refractivity contribution in [3.63, 3.8) is 0 Å². The minimum Gasteiger partial charge on any atom is -0.457 e. The monoisotopic (exact) mass is 459 g/mol. The van der Waals surface area contributed by atoms with Crippen LogP contribution in [0.3, 0.4) is 0 Å². The molecule has 178 valence electrons. The topological polar surface area (TPSA) is 77.6 Å². The van der Waals surface area contributed by atoms with Crippen LogP contribution < -0.4 is 10.5 Å². The molecule has 6 nitrogen and oxygen atoms in total. The van der Waals surface area contributed by atoms with E-state index in [4.69, 9.17) is 10.5 Å². The molecule has 3 aromatic rings. The Labute approximate surface area is 201 Å². The van der Waals surface area contributed by atoms with Crippen LogP contribution in [0.4, 0.5) is 0 Å². The highest BCUT2D eigenvalue weighted by Crippen LogP contribution is 2.36. The maximum absolute atomic E-state index is 12.6. The average Bonchev–Trinajstić information content (AvgIpc) is 3.36. The van der Waals surface area contributed by atoms with Crippen LogP contribution in [0.2, 0.25) is 0 Å². The Balaban J connectivity index is 1.68. The van der Waals surface area contributed by atoms with E-state index in [1.54, 1.807) is 0 Å². The molecule has 6 heteroatoms. The highest BCUT2D eigenvalue weighted by molar-refractivity contribution is 6.02. The van der Waals surface area contributed by atoms with Gasteiger partial charge in [-0.05, 0) is 56.0 Å². The van der Waals surface area contributed by atoms with Crippen molar-refractivity contribution in [3.8, 4) is 22.6 Å². The zero-order chi connectivity index (χ0) is 24.1. The Morgan fingerprint density at radius 1 is 1.06 bits per heavy atom. The van der Waals surface area contributed by atoms with Gasteiger partial charge < -0.3 is 19.9 Å². The van der Waals surface area contributed by atoms with Gasteiger partial charge >= 0.3 is 0 Å². The van der Waals surface area contributed by atoms with Crippen LogP contribution in [0.15, 0.2) is 54.6 Å². The number of benzene rings is 2. The van der Waals surface area contributed by atoms with Gasteiger partial charge in [0.25, 0.3) is 5.91 Å². The lowest BCUT2D eigenvalue weighted by atomic mass is 9.98. The van der Waals surface area contributed by atoms with E-state index in [2.05, 4.69) is 11.5 Å². The molecule has 0 saturated carbocycles. The largest absolute Gasteiger partial charge is 0.457 e. The fraction of sp³-hybridized carbons (Fsp3) is 0.357. The van der Waals surface area contributed by atoms with Crippen molar-refractivity contribution in [1.29, 1.82) is 0 Å². The number of para-hydroxylation sites is 1. The highest BCUT2D eigenvalue weighted by Gasteiger charge is 2.25. The van der Waals surface area contributed by atoms with E-state index in [0.717, 1.165) is 73.6 Å². The Kier molecular flexibility index (Phi) is 7.36. The van der Waals surface area contributed by atoms with E-state index in [9.17, 15) is 9.59 Å². The van der Waals surface area contributed by atoms with Crippen molar-refractivity contribution in [1.82, 2.24) is 9.47 Å². The molecule has 1 aliphatic rings. The Morgan fingerprint density at radius 3 is 2.50 bits per heavy atom. The number of ether oxygens (including phenoxy) is 1. The summed E-state index contributed by atoms with van der Waals surface area (Å²) < 4.78 is 8.28. The summed E-state index contributed by atoms with van der Waals surface area (Å²) in [7, 11) is 0. The van der Waals surface area contributed by atoms with Crippen molar-refractivity contribution >= 4 is 11.8 Å². The van der Waals surface area contributed by atoms with Crippen LogP contribution in [0.1, 0.15) is 54.4 Å². The quantitative estimate of drug-likeness (QED) is 0.446. The Bertz CT molecular complexity index is 1170. The van der Waals surface area contributed by atoms with Crippen LogP contribution in [0.25, 0.3) is 11.1 Å². The summed E-state index contributed by atoms with van der Waals surface area (Å²) >= 11 is 0. The summed E-state index contributed by atoms with van der Waals surface area (Å²) in [6.45, 7) is 6.43. The molecule has 2 amide bonds. The van der Waals surface area contributed by atoms with Gasteiger partial charge in [-0.25, -0.2) is 0 Å². The first-order valence-electron chi connectivity index (χ1n) is 12.1. The number of primary amides is 1. The third-order valence-corrected chi connectivity index (χ3v) is 6.45. The molecule has 0 aliphatic carbocycles. The third-order valence-electron chi connectivity index (χ3n) is 6.45.